The molecule has 2 heteroatoms. The summed E-state index contributed by atoms with van der Waals surface area (Å²) in [5, 5.41) is 0. The van der Waals surface area contributed by atoms with Crippen molar-refractivity contribution in [3.8, 4) is 0 Å². The van der Waals surface area contributed by atoms with Gasteiger partial charge >= 0.3 is 0 Å². The number of anilines is 1. The Labute approximate surface area is 71.8 Å². The van der Waals surface area contributed by atoms with Gasteiger partial charge in [0.25, 0.3) is 0 Å². The molecule has 1 aliphatic rings. The lowest BCUT2D eigenvalue weighted by Gasteiger charge is -2.18. The fraction of sp³-hybridized carbons (Fsp3) is 0.400. The van der Waals surface area contributed by atoms with Crippen molar-refractivity contribution in [2.45, 2.75) is 18.9 Å². The van der Waals surface area contributed by atoms with E-state index in [9.17, 15) is 4.39 Å². The topological polar surface area (TPSA) is 3.24 Å². The molecule has 0 amide bonds. The highest BCUT2D eigenvalue weighted by Gasteiger charge is 2.27. The molecule has 0 heterocycles. The summed E-state index contributed by atoms with van der Waals surface area (Å²) in [6, 6.07) is 7.50. The molecule has 1 nitrogen and oxygen atoms in total. The Hall–Kier alpha value is -1.05. The Morgan fingerprint density at radius 2 is 2.00 bits per heavy atom. The van der Waals surface area contributed by atoms with Gasteiger partial charge in [0.05, 0.1) is 5.69 Å². The number of rotatable bonds is 2. The minimum atomic E-state index is -0.119. The smallest absolute Gasteiger partial charge is 0.146 e. The van der Waals surface area contributed by atoms with E-state index in [4.69, 9.17) is 0 Å². The van der Waals surface area contributed by atoms with Crippen LogP contribution < -0.4 is 4.90 Å². The van der Waals surface area contributed by atoms with Gasteiger partial charge in [-0.3, -0.25) is 0 Å². The van der Waals surface area contributed by atoms with E-state index in [0.717, 1.165) is 5.69 Å². The number of nitrogens with zero attached hydrogens (tertiary/aromatic N) is 1. The van der Waals surface area contributed by atoms with Crippen LogP contribution in [0.3, 0.4) is 0 Å². The number of benzene rings is 1. The van der Waals surface area contributed by atoms with Gasteiger partial charge in [-0.1, -0.05) is 12.1 Å². The van der Waals surface area contributed by atoms with E-state index >= 15 is 0 Å². The van der Waals surface area contributed by atoms with Crippen molar-refractivity contribution >= 4 is 5.69 Å². The molecule has 0 N–H and O–H groups in total. The zero-order valence-electron chi connectivity index (χ0n) is 7.13. The molecule has 0 unspecified atom stereocenters. The molecule has 0 bridgehead atoms. The van der Waals surface area contributed by atoms with Crippen LogP contribution in [-0.4, -0.2) is 13.1 Å². The third kappa shape index (κ3) is 1.29. The zero-order chi connectivity index (χ0) is 8.55. The normalized spacial score (nSPS) is 16.2. The Morgan fingerprint density at radius 3 is 2.58 bits per heavy atom. The van der Waals surface area contributed by atoms with E-state index in [0.29, 0.717) is 6.04 Å². The lowest BCUT2D eigenvalue weighted by molar-refractivity contribution is 0.622. The van der Waals surface area contributed by atoms with Crippen LogP contribution >= 0.6 is 0 Å². The van der Waals surface area contributed by atoms with Crippen LogP contribution in [0.15, 0.2) is 24.3 Å². The number of para-hydroxylation sites is 1. The molecule has 1 fully saturated rings. The molecule has 0 aromatic heterocycles. The number of halogens is 1. The first-order chi connectivity index (χ1) is 5.79. The van der Waals surface area contributed by atoms with Gasteiger partial charge in [0.1, 0.15) is 5.82 Å². The Kier molecular flexibility index (Phi) is 1.75. The second-order valence-corrected chi connectivity index (χ2v) is 3.29. The molecule has 1 saturated carbocycles. The molecule has 0 spiro atoms. The molecular weight excluding hydrogens is 153 g/mol. The zero-order valence-corrected chi connectivity index (χ0v) is 7.13. The van der Waals surface area contributed by atoms with E-state index in [1.807, 2.05) is 24.1 Å². The van der Waals surface area contributed by atoms with Gasteiger partial charge < -0.3 is 4.90 Å². The molecule has 64 valence electrons. The minimum absolute atomic E-state index is 0.119. The molecule has 2 rings (SSSR count). The largest absolute Gasteiger partial charge is 0.369 e. The summed E-state index contributed by atoms with van der Waals surface area (Å²) >= 11 is 0. The summed E-state index contributed by atoms with van der Waals surface area (Å²) in [5.74, 6) is -0.119. The first-order valence-electron chi connectivity index (χ1n) is 4.26. The summed E-state index contributed by atoms with van der Waals surface area (Å²) < 4.78 is 13.2. The Balaban J connectivity index is 2.25. The van der Waals surface area contributed by atoms with Crippen molar-refractivity contribution in [2.24, 2.45) is 0 Å². The van der Waals surface area contributed by atoms with Crippen LogP contribution in [-0.2, 0) is 0 Å². The molecule has 1 aromatic rings. The van der Waals surface area contributed by atoms with Crippen molar-refractivity contribution in [3.63, 3.8) is 0 Å². The Morgan fingerprint density at radius 1 is 1.33 bits per heavy atom. The monoisotopic (exact) mass is 165 g/mol. The predicted octanol–water partition coefficient (Wildman–Crippen LogP) is 2.42. The van der Waals surface area contributed by atoms with Crippen molar-refractivity contribution in [2.75, 3.05) is 11.9 Å². The van der Waals surface area contributed by atoms with Gasteiger partial charge in [-0.05, 0) is 25.0 Å². The second kappa shape index (κ2) is 2.77. The molecule has 0 radical (unpaired) electrons. The van der Waals surface area contributed by atoms with Crippen molar-refractivity contribution in [1.29, 1.82) is 0 Å². The van der Waals surface area contributed by atoms with Gasteiger partial charge in [0, 0.05) is 13.1 Å². The summed E-state index contributed by atoms with van der Waals surface area (Å²) in [5.41, 5.74) is 0.722. The van der Waals surface area contributed by atoms with Gasteiger partial charge in [-0.15, -0.1) is 0 Å². The average molecular weight is 165 g/mol. The molecule has 0 saturated heterocycles. The summed E-state index contributed by atoms with van der Waals surface area (Å²) in [6.07, 6.45) is 2.40. The van der Waals surface area contributed by atoms with Crippen LogP contribution in [0.25, 0.3) is 0 Å². The maximum absolute atomic E-state index is 13.2. The van der Waals surface area contributed by atoms with E-state index in [-0.39, 0.29) is 5.82 Å². The number of hydrogen-bond donors (Lipinski definition) is 0. The number of hydrogen-bond acceptors (Lipinski definition) is 1. The minimum Gasteiger partial charge on any atom is -0.369 e. The molecule has 0 atom stereocenters. The fourth-order valence-electron chi connectivity index (χ4n) is 1.40. The van der Waals surface area contributed by atoms with Crippen LogP contribution in [0.4, 0.5) is 10.1 Å². The van der Waals surface area contributed by atoms with Crippen molar-refractivity contribution < 1.29 is 4.39 Å². The second-order valence-electron chi connectivity index (χ2n) is 3.29. The molecule has 12 heavy (non-hydrogen) atoms. The highest BCUT2D eigenvalue weighted by atomic mass is 19.1. The first kappa shape index (κ1) is 7.59. The molecule has 1 aromatic carbocycles. The van der Waals surface area contributed by atoms with Gasteiger partial charge in [0.2, 0.25) is 0 Å². The van der Waals surface area contributed by atoms with Crippen LogP contribution in [0.5, 0.6) is 0 Å². The summed E-state index contributed by atoms with van der Waals surface area (Å²) in [6.45, 7) is 0. The van der Waals surface area contributed by atoms with Gasteiger partial charge in [-0.2, -0.15) is 0 Å². The van der Waals surface area contributed by atoms with Crippen molar-refractivity contribution in [1.82, 2.24) is 0 Å². The highest BCUT2D eigenvalue weighted by Crippen LogP contribution is 2.31. The van der Waals surface area contributed by atoms with Crippen LogP contribution in [0.2, 0.25) is 0 Å². The van der Waals surface area contributed by atoms with E-state index in [1.54, 1.807) is 6.07 Å². The predicted molar refractivity (Wildman–Crippen MR) is 47.8 cm³/mol. The maximum Gasteiger partial charge on any atom is 0.146 e. The lowest BCUT2D eigenvalue weighted by atomic mass is 10.3. The van der Waals surface area contributed by atoms with Crippen LogP contribution in [0, 0.1) is 5.82 Å². The maximum atomic E-state index is 13.2. The third-order valence-corrected chi connectivity index (χ3v) is 2.33. The molecule has 1 aliphatic carbocycles. The summed E-state index contributed by atoms with van der Waals surface area (Å²) in [7, 11) is 1.95. The molecule has 0 aliphatic heterocycles. The Bertz CT molecular complexity index is 281. The quantitative estimate of drug-likeness (QED) is 0.650. The fourth-order valence-corrected chi connectivity index (χ4v) is 1.40. The standard InChI is InChI=1S/C10H12FN/c1-12(8-6-7-8)10-5-3-2-4-9(10)11/h2-5,8H,6-7H2,1H3. The van der Waals surface area contributed by atoms with E-state index in [2.05, 4.69) is 0 Å². The SMILES string of the molecule is CN(c1ccccc1F)C1CC1. The van der Waals surface area contributed by atoms with E-state index in [1.165, 1.54) is 18.9 Å². The average Bonchev–Trinajstić information content (AvgIpc) is 2.86. The highest BCUT2D eigenvalue weighted by molar-refractivity contribution is 5.48. The van der Waals surface area contributed by atoms with Crippen LogP contribution in [0.1, 0.15) is 12.8 Å². The summed E-state index contributed by atoms with van der Waals surface area (Å²) in [4.78, 5) is 2.02. The third-order valence-electron chi connectivity index (χ3n) is 2.33. The van der Waals surface area contributed by atoms with Gasteiger partial charge in [0.15, 0.2) is 0 Å². The lowest BCUT2D eigenvalue weighted by Crippen LogP contribution is -2.20. The van der Waals surface area contributed by atoms with E-state index < -0.39 is 0 Å². The molecular formula is C10H12FN. The first-order valence-corrected chi connectivity index (χ1v) is 4.26. The van der Waals surface area contributed by atoms with Crippen molar-refractivity contribution in [3.05, 3.63) is 30.1 Å². The van der Waals surface area contributed by atoms with Gasteiger partial charge in [-0.25, -0.2) is 4.39 Å².